The van der Waals surface area contributed by atoms with Gasteiger partial charge < -0.3 is 4.74 Å². The normalized spacial score (nSPS) is 9.78. The lowest BCUT2D eigenvalue weighted by Gasteiger charge is -2.07. The van der Waals surface area contributed by atoms with Crippen molar-refractivity contribution in [2.45, 2.75) is 6.42 Å². The Morgan fingerprint density at radius 3 is 2.56 bits per heavy atom. The monoisotopic (exact) mass is 241 g/mol. The van der Waals surface area contributed by atoms with Crippen LogP contribution in [0.2, 0.25) is 0 Å². The molecule has 0 bridgehead atoms. The Morgan fingerprint density at radius 1 is 1.11 bits per heavy atom. The Labute approximate surface area is 105 Å². The number of halogens is 1. The topological polar surface area (TPSA) is 33.0 Å². The van der Waals surface area contributed by atoms with Gasteiger partial charge in [-0.3, -0.25) is 0 Å². The largest absolute Gasteiger partial charge is 0.490 e. The minimum Gasteiger partial charge on any atom is -0.490 e. The molecule has 0 aliphatic heterocycles. The molecule has 0 fully saturated rings. The van der Waals surface area contributed by atoms with E-state index < -0.39 is 5.82 Å². The van der Waals surface area contributed by atoms with E-state index in [0.29, 0.717) is 12.2 Å². The SMILES string of the molecule is N#Cc1ccc(OCCc2ccccc2)c(F)c1. The van der Waals surface area contributed by atoms with E-state index in [0.717, 1.165) is 12.0 Å². The minimum absolute atomic E-state index is 0.185. The first-order valence-corrected chi connectivity index (χ1v) is 5.66. The second kappa shape index (κ2) is 5.83. The van der Waals surface area contributed by atoms with Crippen molar-refractivity contribution in [2.24, 2.45) is 0 Å². The molecule has 18 heavy (non-hydrogen) atoms. The van der Waals surface area contributed by atoms with Gasteiger partial charge in [-0.2, -0.15) is 5.26 Å². The highest BCUT2D eigenvalue weighted by Crippen LogP contribution is 2.18. The molecule has 0 amide bonds. The fourth-order valence-corrected chi connectivity index (χ4v) is 1.61. The van der Waals surface area contributed by atoms with Gasteiger partial charge in [0.25, 0.3) is 0 Å². The van der Waals surface area contributed by atoms with Crippen LogP contribution in [0.5, 0.6) is 5.75 Å². The van der Waals surface area contributed by atoms with Gasteiger partial charge in [-0.15, -0.1) is 0 Å². The van der Waals surface area contributed by atoms with E-state index in [4.69, 9.17) is 10.00 Å². The third kappa shape index (κ3) is 3.08. The molecule has 2 aromatic rings. The summed E-state index contributed by atoms with van der Waals surface area (Å²) in [6.45, 7) is 0.410. The lowest BCUT2D eigenvalue weighted by molar-refractivity contribution is 0.305. The summed E-state index contributed by atoms with van der Waals surface area (Å²) in [6.07, 6.45) is 0.723. The van der Waals surface area contributed by atoms with Crippen LogP contribution >= 0.6 is 0 Å². The molecule has 2 aromatic carbocycles. The molecule has 90 valence electrons. The number of nitriles is 1. The summed E-state index contributed by atoms with van der Waals surface area (Å²) in [7, 11) is 0. The third-order valence-corrected chi connectivity index (χ3v) is 2.55. The molecule has 3 heteroatoms. The van der Waals surface area contributed by atoms with Crippen molar-refractivity contribution in [3.05, 3.63) is 65.5 Å². The lowest BCUT2D eigenvalue weighted by Crippen LogP contribution is -2.02. The van der Waals surface area contributed by atoms with Gasteiger partial charge in [0, 0.05) is 6.42 Å². The molecule has 0 aliphatic carbocycles. The van der Waals surface area contributed by atoms with E-state index in [1.807, 2.05) is 36.4 Å². The first-order valence-electron chi connectivity index (χ1n) is 5.66. The van der Waals surface area contributed by atoms with Crippen molar-refractivity contribution in [3.63, 3.8) is 0 Å². The van der Waals surface area contributed by atoms with Crippen LogP contribution in [0.1, 0.15) is 11.1 Å². The zero-order valence-corrected chi connectivity index (χ0v) is 9.77. The van der Waals surface area contributed by atoms with Crippen LogP contribution < -0.4 is 4.74 Å². The van der Waals surface area contributed by atoms with Gasteiger partial charge in [0.05, 0.1) is 18.2 Å². The molecule has 0 unspecified atom stereocenters. The summed E-state index contributed by atoms with van der Waals surface area (Å²) < 4.78 is 18.8. The van der Waals surface area contributed by atoms with Gasteiger partial charge in [0.15, 0.2) is 11.6 Å². The Bertz CT molecular complexity index is 560. The van der Waals surface area contributed by atoms with Gasteiger partial charge in [0.2, 0.25) is 0 Å². The van der Waals surface area contributed by atoms with Gasteiger partial charge in [-0.1, -0.05) is 30.3 Å². The van der Waals surface area contributed by atoms with Crippen LogP contribution in [0, 0.1) is 17.1 Å². The van der Waals surface area contributed by atoms with E-state index in [1.165, 1.54) is 12.1 Å². The van der Waals surface area contributed by atoms with Crippen molar-refractivity contribution in [1.29, 1.82) is 5.26 Å². The van der Waals surface area contributed by atoms with Crippen molar-refractivity contribution in [2.75, 3.05) is 6.61 Å². The fourth-order valence-electron chi connectivity index (χ4n) is 1.61. The number of benzene rings is 2. The average molecular weight is 241 g/mol. The van der Waals surface area contributed by atoms with Gasteiger partial charge in [0.1, 0.15) is 0 Å². The molecule has 0 spiro atoms. The predicted molar refractivity (Wildman–Crippen MR) is 66.8 cm³/mol. The quantitative estimate of drug-likeness (QED) is 0.822. The molecular weight excluding hydrogens is 229 g/mol. The van der Waals surface area contributed by atoms with Crippen LogP contribution in [0.15, 0.2) is 48.5 Å². The molecule has 0 saturated carbocycles. The summed E-state index contributed by atoms with van der Waals surface area (Å²) in [6, 6.07) is 15.9. The molecule has 0 aromatic heterocycles. The number of ether oxygens (including phenoxy) is 1. The highest BCUT2D eigenvalue weighted by molar-refractivity contribution is 5.36. The molecular formula is C15H12FNO. The Morgan fingerprint density at radius 2 is 1.89 bits per heavy atom. The first kappa shape index (κ1) is 12.1. The van der Waals surface area contributed by atoms with Gasteiger partial charge >= 0.3 is 0 Å². The maximum absolute atomic E-state index is 13.5. The zero-order valence-electron chi connectivity index (χ0n) is 9.77. The van der Waals surface area contributed by atoms with Crippen molar-refractivity contribution >= 4 is 0 Å². The van der Waals surface area contributed by atoms with E-state index in [2.05, 4.69) is 0 Å². The van der Waals surface area contributed by atoms with E-state index in [1.54, 1.807) is 6.07 Å². The lowest BCUT2D eigenvalue weighted by atomic mass is 10.2. The highest BCUT2D eigenvalue weighted by atomic mass is 19.1. The van der Waals surface area contributed by atoms with E-state index in [9.17, 15) is 4.39 Å². The molecule has 0 N–H and O–H groups in total. The summed E-state index contributed by atoms with van der Waals surface area (Å²) in [4.78, 5) is 0. The second-order valence-corrected chi connectivity index (χ2v) is 3.84. The van der Waals surface area contributed by atoms with Gasteiger partial charge in [-0.05, 0) is 23.8 Å². The number of hydrogen-bond donors (Lipinski definition) is 0. The molecule has 2 rings (SSSR count). The summed E-state index contributed by atoms with van der Waals surface area (Å²) in [5, 5.41) is 8.62. The van der Waals surface area contributed by atoms with Crippen LogP contribution in [-0.2, 0) is 6.42 Å². The summed E-state index contributed by atoms with van der Waals surface area (Å²) in [5.41, 5.74) is 1.44. The average Bonchev–Trinajstić information content (AvgIpc) is 2.42. The maximum Gasteiger partial charge on any atom is 0.166 e. The maximum atomic E-state index is 13.5. The molecule has 0 atom stereocenters. The van der Waals surface area contributed by atoms with Crippen LogP contribution in [0.3, 0.4) is 0 Å². The minimum atomic E-state index is -0.498. The fraction of sp³-hybridized carbons (Fsp3) is 0.133. The zero-order chi connectivity index (χ0) is 12.8. The first-order chi connectivity index (χ1) is 8.79. The number of nitrogens with zero attached hydrogens (tertiary/aromatic N) is 1. The standard InChI is InChI=1S/C15H12FNO/c16-14-10-13(11-17)6-7-15(14)18-9-8-12-4-2-1-3-5-12/h1-7,10H,8-9H2. The van der Waals surface area contributed by atoms with Crippen LogP contribution in [-0.4, -0.2) is 6.61 Å². The number of rotatable bonds is 4. The molecule has 0 radical (unpaired) electrons. The summed E-state index contributed by atoms with van der Waals surface area (Å²) >= 11 is 0. The highest BCUT2D eigenvalue weighted by Gasteiger charge is 2.04. The Hall–Kier alpha value is -2.34. The van der Waals surface area contributed by atoms with Crippen molar-refractivity contribution in [1.82, 2.24) is 0 Å². The second-order valence-electron chi connectivity index (χ2n) is 3.84. The third-order valence-electron chi connectivity index (χ3n) is 2.55. The van der Waals surface area contributed by atoms with Crippen molar-refractivity contribution < 1.29 is 9.13 Å². The summed E-state index contributed by atoms with van der Waals surface area (Å²) in [5.74, 6) is -0.313. The smallest absolute Gasteiger partial charge is 0.166 e. The molecule has 0 heterocycles. The van der Waals surface area contributed by atoms with Crippen LogP contribution in [0.25, 0.3) is 0 Å². The number of hydrogen-bond acceptors (Lipinski definition) is 2. The van der Waals surface area contributed by atoms with E-state index >= 15 is 0 Å². The van der Waals surface area contributed by atoms with Crippen LogP contribution in [0.4, 0.5) is 4.39 Å². The van der Waals surface area contributed by atoms with E-state index in [-0.39, 0.29) is 5.75 Å². The molecule has 0 aliphatic rings. The Balaban J connectivity index is 1.93. The van der Waals surface area contributed by atoms with Gasteiger partial charge in [-0.25, -0.2) is 4.39 Å². The molecule has 2 nitrogen and oxygen atoms in total. The van der Waals surface area contributed by atoms with Crippen molar-refractivity contribution in [3.8, 4) is 11.8 Å². The molecule has 0 saturated heterocycles. The Kier molecular flexibility index (Phi) is 3.93. The predicted octanol–water partition coefficient (Wildman–Crippen LogP) is 3.32.